The number of hydrogen-bond acceptors (Lipinski definition) is 2. The fourth-order valence-corrected chi connectivity index (χ4v) is 1.09. The molecule has 0 fully saturated rings. The summed E-state index contributed by atoms with van der Waals surface area (Å²) in [6.45, 7) is 2.21. The Hall–Kier alpha value is -0.0800. The zero-order valence-electron chi connectivity index (χ0n) is 7.77. The van der Waals surface area contributed by atoms with Crippen LogP contribution in [0.15, 0.2) is 0 Å². The van der Waals surface area contributed by atoms with E-state index in [1.807, 2.05) is 0 Å². The topological polar surface area (TPSA) is 32.3 Å². The molecule has 0 spiro atoms. The Labute approximate surface area is 70.0 Å². The van der Waals surface area contributed by atoms with E-state index in [1.54, 1.807) is 7.05 Å². The van der Waals surface area contributed by atoms with E-state index in [4.69, 9.17) is 5.11 Å². The monoisotopic (exact) mass is 159 g/mol. The molecule has 2 nitrogen and oxygen atoms in total. The molecule has 1 unspecified atom stereocenters. The molecule has 0 aromatic heterocycles. The minimum absolute atomic E-state index is 0.295. The van der Waals surface area contributed by atoms with Crippen LogP contribution in [-0.4, -0.2) is 18.4 Å². The third kappa shape index (κ3) is 7.82. The highest BCUT2D eigenvalue weighted by Gasteiger charge is 1.97. The molecule has 0 rings (SSSR count). The Kier molecular flexibility index (Phi) is 7.96. The Morgan fingerprint density at radius 3 is 2.36 bits per heavy atom. The molecule has 1 atom stereocenters. The first kappa shape index (κ1) is 10.9. The molecule has 0 aromatic carbocycles. The van der Waals surface area contributed by atoms with E-state index < -0.39 is 0 Å². The Bertz CT molecular complexity index is 76.0. The first-order chi connectivity index (χ1) is 5.31. The van der Waals surface area contributed by atoms with E-state index in [1.165, 1.54) is 25.7 Å². The van der Waals surface area contributed by atoms with Crippen LogP contribution in [-0.2, 0) is 0 Å². The summed E-state index contributed by atoms with van der Waals surface area (Å²) in [6.07, 6.45) is 6.92. The molecule has 0 saturated heterocycles. The van der Waals surface area contributed by atoms with Crippen LogP contribution in [0.2, 0.25) is 0 Å². The van der Waals surface area contributed by atoms with E-state index in [0.717, 1.165) is 12.8 Å². The Balaban J connectivity index is 2.89. The van der Waals surface area contributed by atoms with E-state index >= 15 is 0 Å². The fraction of sp³-hybridized carbons (Fsp3) is 1.00. The molecule has 68 valence electrons. The van der Waals surface area contributed by atoms with Crippen LogP contribution in [0.3, 0.4) is 0 Å². The molecule has 0 heterocycles. The fourth-order valence-electron chi connectivity index (χ4n) is 1.09. The van der Waals surface area contributed by atoms with Crippen LogP contribution < -0.4 is 5.32 Å². The number of unbranched alkanes of at least 4 members (excludes halogenated alkanes) is 4. The van der Waals surface area contributed by atoms with Crippen molar-refractivity contribution in [3.05, 3.63) is 0 Å². The van der Waals surface area contributed by atoms with Gasteiger partial charge in [0.15, 0.2) is 0 Å². The molecule has 0 amide bonds. The molecule has 0 saturated carbocycles. The van der Waals surface area contributed by atoms with Gasteiger partial charge in [0.05, 0.1) is 0 Å². The van der Waals surface area contributed by atoms with Crippen molar-refractivity contribution in [3.8, 4) is 0 Å². The molecule has 0 bridgehead atoms. The van der Waals surface area contributed by atoms with Crippen molar-refractivity contribution in [2.45, 2.75) is 51.7 Å². The highest BCUT2D eigenvalue weighted by atomic mass is 16.3. The molecule has 0 aliphatic rings. The number of nitrogens with one attached hydrogen (secondary N) is 1. The van der Waals surface area contributed by atoms with E-state index in [2.05, 4.69) is 12.2 Å². The molecule has 0 aromatic rings. The summed E-state index contributed by atoms with van der Waals surface area (Å²) in [5.74, 6) is 0. The minimum atomic E-state index is -0.295. The standard InChI is InChI=1S/C9H21NO/c1-3-4-5-6-7-8-9(11)10-2/h9-11H,3-8H2,1-2H3. The van der Waals surface area contributed by atoms with Crippen molar-refractivity contribution in [3.63, 3.8) is 0 Å². The molecule has 11 heavy (non-hydrogen) atoms. The van der Waals surface area contributed by atoms with Crippen molar-refractivity contribution in [2.24, 2.45) is 0 Å². The lowest BCUT2D eigenvalue weighted by molar-refractivity contribution is 0.133. The second-order valence-corrected chi connectivity index (χ2v) is 3.01. The summed E-state index contributed by atoms with van der Waals surface area (Å²) in [7, 11) is 1.79. The molecule has 0 aliphatic carbocycles. The normalized spacial score (nSPS) is 13.4. The Morgan fingerprint density at radius 1 is 1.18 bits per heavy atom. The molecule has 2 heteroatoms. The molecular formula is C9H21NO. The van der Waals surface area contributed by atoms with Crippen molar-refractivity contribution in [2.75, 3.05) is 7.05 Å². The van der Waals surface area contributed by atoms with Gasteiger partial charge in [-0.3, -0.25) is 5.32 Å². The molecule has 2 N–H and O–H groups in total. The first-order valence-corrected chi connectivity index (χ1v) is 4.66. The smallest absolute Gasteiger partial charge is 0.104 e. The summed E-state index contributed by atoms with van der Waals surface area (Å²) in [5, 5.41) is 11.9. The summed E-state index contributed by atoms with van der Waals surface area (Å²) in [5.41, 5.74) is 0. The maximum Gasteiger partial charge on any atom is 0.104 e. The van der Waals surface area contributed by atoms with Gasteiger partial charge in [-0.15, -0.1) is 0 Å². The lowest BCUT2D eigenvalue weighted by Crippen LogP contribution is -2.23. The summed E-state index contributed by atoms with van der Waals surface area (Å²) in [6, 6.07) is 0. The van der Waals surface area contributed by atoms with E-state index in [0.29, 0.717) is 0 Å². The maximum absolute atomic E-state index is 9.10. The second-order valence-electron chi connectivity index (χ2n) is 3.01. The number of aliphatic hydroxyl groups excluding tert-OH is 1. The average Bonchev–Trinajstić information content (AvgIpc) is 2.04. The first-order valence-electron chi connectivity index (χ1n) is 4.66. The van der Waals surface area contributed by atoms with Gasteiger partial charge in [0.25, 0.3) is 0 Å². The summed E-state index contributed by atoms with van der Waals surface area (Å²) < 4.78 is 0. The number of aliphatic hydroxyl groups is 1. The van der Waals surface area contributed by atoms with Crippen LogP contribution in [0.25, 0.3) is 0 Å². The van der Waals surface area contributed by atoms with Gasteiger partial charge in [-0.05, 0) is 19.9 Å². The highest BCUT2D eigenvalue weighted by Crippen LogP contribution is 2.05. The Morgan fingerprint density at radius 2 is 1.82 bits per heavy atom. The predicted molar refractivity (Wildman–Crippen MR) is 48.4 cm³/mol. The van der Waals surface area contributed by atoms with Gasteiger partial charge < -0.3 is 5.11 Å². The van der Waals surface area contributed by atoms with Crippen molar-refractivity contribution in [1.82, 2.24) is 5.32 Å². The SMILES string of the molecule is CCCCCCCC(O)NC. The van der Waals surface area contributed by atoms with Gasteiger partial charge in [0, 0.05) is 0 Å². The van der Waals surface area contributed by atoms with Crippen molar-refractivity contribution >= 4 is 0 Å². The molecular weight excluding hydrogens is 138 g/mol. The van der Waals surface area contributed by atoms with Crippen LogP contribution in [0.4, 0.5) is 0 Å². The predicted octanol–water partition coefficient (Wildman–Crippen LogP) is 1.88. The van der Waals surface area contributed by atoms with E-state index in [-0.39, 0.29) is 6.23 Å². The van der Waals surface area contributed by atoms with Crippen molar-refractivity contribution < 1.29 is 5.11 Å². The number of rotatable bonds is 7. The zero-order chi connectivity index (χ0) is 8.53. The van der Waals surface area contributed by atoms with Crippen LogP contribution in [0, 0.1) is 0 Å². The maximum atomic E-state index is 9.10. The van der Waals surface area contributed by atoms with Gasteiger partial charge in [0.2, 0.25) is 0 Å². The third-order valence-corrected chi connectivity index (χ3v) is 1.91. The van der Waals surface area contributed by atoms with Crippen LogP contribution in [0.1, 0.15) is 45.4 Å². The molecule has 0 radical (unpaired) electrons. The highest BCUT2D eigenvalue weighted by molar-refractivity contribution is 4.49. The van der Waals surface area contributed by atoms with Crippen LogP contribution >= 0.6 is 0 Å². The van der Waals surface area contributed by atoms with Crippen LogP contribution in [0.5, 0.6) is 0 Å². The quantitative estimate of drug-likeness (QED) is 0.439. The van der Waals surface area contributed by atoms with Gasteiger partial charge in [-0.2, -0.15) is 0 Å². The summed E-state index contributed by atoms with van der Waals surface area (Å²) in [4.78, 5) is 0. The van der Waals surface area contributed by atoms with Gasteiger partial charge >= 0.3 is 0 Å². The minimum Gasteiger partial charge on any atom is -0.379 e. The van der Waals surface area contributed by atoms with E-state index in [9.17, 15) is 0 Å². The van der Waals surface area contributed by atoms with Gasteiger partial charge in [-0.25, -0.2) is 0 Å². The van der Waals surface area contributed by atoms with Crippen molar-refractivity contribution in [1.29, 1.82) is 0 Å². The summed E-state index contributed by atoms with van der Waals surface area (Å²) >= 11 is 0. The average molecular weight is 159 g/mol. The lowest BCUT2D eigenvalue weighted by Gasteiger charge is -2.07. The van der Waals surface area contributed by atoms with Gasteiger partial charge in [0.1, 0.15) is 6.23 Å². The largest absolute Gasteiger partial charge is 0.379 e. The second kappa shape index (κ2) is 8.02. The molecule has 0 aliphatic heterocycles. The number of hydrogen-bond donors (Lipinski definition) is 2. The third-order valence-electron chi connectivity index (χ3n) is 1.91. The zero-order valence-corrected chi connectivity index (χ0v) is 7.77. The van der Waals surface area contributed by atoms with Gasteiger partial charge in [-0.1, -0.05) is 32.6 Å². The lowest BCUT2D eigenvalue weighted by atomic mass is 10.1.